The first-order valence-electron chi connectivity index (χ1n) is 12.4. The van der Waals surface area contributed by atoms with Crippen LogP contribution in [0.3, 0.4) is 0 Å². The van der Waals surface area contributed by atoms with Crippen molar-refractivity contribution in [1.82, 2.24) is 0 Å². The van der Waals surface area contributed by atoms with Gasteiger partial charge in [0.05, 0.1) is 17.6 Å². The molecule has 0 aliphatic carbocycles. The van der Waals surface area contributed by atoms with Crippen molar-refractivity contribution >= 4 is 31.9 Å². The van der Waals surface area contributed by atoms with Crippen molar-refractivity contribution in [3.63, 3.8) is 0 Å². The Balaban J connectivity index is 2.22. The van der Waals surface area contributed by atoms with E-state index in [4.69, 9.17) is 18.9 Å². The molecular weight excluding hydrogens is 476 g/mol. The van der Waals surface area contributed by atoms with Gasteiger partial charge in [0.1, 0.15) is 12.7 Å². The van der Waals surface area contributed by atoms with E-state index in [2.05, 4.69) is 19.6 Å². The maximum Gasteiger partial charge on any atom is 0.338 e. The van der Waals surface area contributed by atoms with Crippen LogP contribution in [-0.4, -0.2) is 57.0 Å². The van der Waals surface area contributed by atoms with Gasteiger partial charge in [0.25, 0.3) is 0 Å². The normalized spacial score (nSPS) is 19.9. The van der Waals surface area contributed by atoms with Gasteiger partial charge in [0.15, 0.2) is 17.7 Å². The molecule has 200 valence electrons. The summed E-state index contributed by atoms with van der Waals surface area (Å²) in [5.41, 5.74) is 2.13. The smallest absolute Gasteiger partial charge is 0.338 e. The van der Waals surface area contributed by atoms with Crippen LogP contribution >= 0.6 is 0 Å². The van der Waals surface area contributed by atoms with Crippen LogP contribution in [0.5, 0.6) is 0 Å². The zero-order valence-electron chi connectivity index (χ0n) is 23.4. The lowest BCUT2D eigenvalue weighted by Crippen LogP contribution is -2.36. The molecule has 0 N–H and O–H groups in total. The topological polar surface area (TPSA) is 88.1 Å². The summed E-state index contributed by atoms with van der Waals surface area (Å²) in [6.07, 6.45) is 1.32. The second kappa shape index (κ2) is 11.4. The molecule has 7 nitrogen and oxygen atoms in total. The van der Waals surface area contributed by atoms with Crippen molar-refractivity contribution in [3.8, 4) is 0 Å². The van der Waals surface area contributed by atoms with Gasteiger partial charge < -0.3 is 18.9 Å². The Morgan fingerprint density at radius 3 is 2.28 bits per heavy atom. The first kappa shape index (κ1) is 29.9. The summed E-state index contributed by atoms with van der Waals surface area (Å²) < 4.78 is 22.7. The van der Waals surface area contributed by atoms with Crippen LogP contribution in [-0.2, 0) is 28.5 Å². The van der Waals surface area contributed by atoms with Crippen LogP contribution in [0.1, 0.15) is 61.7 Å². The molecule has 1 aliphatic heterocycles. The molecular formula is C28H42O7Si. The molecule has 0 aromatic heterocycles. The fraction of sp³-hybridized carbons (Fsp3) is 0.607. The van der Waals surface area contributed by atoms with Gasteiger partial charge in [-0.15, -0.1) is 0 Å². The molecule has 1 saturated heterocycles. The number of esters is 2. The lowest BCUT2D eigenvalue weighted by Gasteiger charge is -2.20. The number of ketones is 1. The van der Waals surface area contributed by atoms with Gasteiger partial charge in [-0.1, -0.05) is 43.4 Å². The summed E-state index contributed by atoms with van der Waals surface area (Å²) in [4.78, 5) is 38.3. The maximum atomic E-state index is 13.1. The Kier molecular flexibility index (Phi) is 9.48. The zero-order valence-corrected chi connectivity index (χ0v) is 24.4. The Bertz CT molecular complexity index is 1010. The fourth-order valence-corrected chi connectivity index (χ4v) is 4.49. The summed E-state index contributed by atoms with van der Waals surface area (Å²) in [5, 5.41) is 0. The largest absolute Gasteiger partial charge is 0.462 e. The van der Waals surface area contributed by atoms with E-state index >= 15 is 0 Å². The molecule has 0 amide bonds. The van der Waals surface area contributed by atoms with Crippen LogP contribution in [0.4, 0.5) is 0 Å². The molecule has 0 bridgehead atoms. The van der Waals surface area contributed by atoms with Crippen LogP contribution in [0.25, 0.3) is 6.08 Å². The van der Waals surface area contributed by atoms with E-state index < -0.39 is 37.5 Å². The monoisotopic (exact) mass is 518 g/mol. The molecule has 1 aliphatic rings. The summed E-state index contributed by atoms with van der Waals surface area (Å²) in [6.45, 7) is 19.4. The van der Waals surface area contributed by atoms with Crippen LogP contribution in [0, 0.1) is 19.3 Å². The third-order valence-electron chi connectivity index (χ3n) is 5.68. The first-order chi connectivity index (χ1) is 16.4. The predicted molar refractivity (Wildman–Crippen MR) is 143 cm³/mol. The van der Waals surface area contributed by atoms with E-state index in [9.17, 15) is 14.4 Å². The van der Waals surface area contributed by atoms with Crippen molar-refractivity contribution < 1.29 is 33.3 Å². The van der Waals surface area contributed by atoms with Gasteiger partial charge in [-0.3, -0.25) is 9.59 Å². The third kappa shape index (κ3) is 8.67. The average Bonchev–Trinajstić information content (AvgIpc) is 3.02. The number of aryl methyl sites for hydroxylation is 2. The molecule has 36 heavy (non-hydrogen) atoms. The number of hydrogen-bond donors (Lipinski definition) is 0. The summed E-state index contributed by atoms with van der Waals surface area (Å²) in [5.74, 6) is -2.12. The number of benzene rings is 1. The Morgan fingerprint density at radius 1 is 1.06 bits per heavy atom. The highest BCUT2D eigenvalue weighted by molar-refractivity contribution is 6.76. The van der Waals surface area contributed by atoms with Crippen LogP contribution in [0.2, 0.25) is 25.7 Å². The molecule has 0 radical (unpaired) electrons. The third-order valence-corrected chi connectivity index (χ3v) is 7.39. The highest BCUT2D eigenvalue weighted by Gasteiger charge is 2.45. The van der Waals surface area contributed by atoms with Crippen molar-refractivity contribution in [2.45, 2.75) is 92.1 Å². The highest BCUT2D eigenvalue weighted by atomic mass is 28.3. The molecule has 2 atom stereocenters. The van der Waals surface area contributed by atoms with Crippen LogP contribution in [0.15, 0.2) is 18.2 Å². The quantitative estimate of drug-likeness (QED) is 0.243. The zero-order chi connectivity index (χ0) is 27.5. The lowest BCUT2D eigenvalue weighted by molar-refractivity contribution is -0.165. The Hall–Kier alpha value is -2.29. The number of ether oxygens (including phenoxy) is 4. The molecule has 1 heterocycles. The van der Waals surface area contributed by atoms with Gasteiger partial charge >= 0.3 is 11.9 Å². The van der Waals surface area contributed by atoms with Crippen molar-refractivity contribution in [1.29, 1.82) is 0 Å². The Labute approximate surface area is 216 Å². The van der Waals surface area contributed by atoms with Crippen molar-refractivity contribution in [2.75, 3.05) is 13.2 Å². The minimum Gasteiger partial charge on any atom is -0.462 e. The molecule has 2 rings (SSSR count). The fourth-order valence-electron chi connectivity index (χ4n) is 3.77. The minimum atomic E-state index is -1.34. The van der Waals surface area contributed by atoms with E-state index in [0.29, 0.717) is 17.7 Å². The van der Waals surface area contributed by atoms with Crippen LogP contribution < -0.4 is 0 Å². The predicted octanol–water partition coefficient (Wildman–Crippen LogP) is 5.49. The first-order valence-corrected chi connectivity index (χ1v) is 16.1. The van der Waals surface area contributed by atoms with Crippen molar-refractivity contribution in [3.05, 3.63) is 40.5 Å². The Morgan fingerprint density at radius 2 is 1.69 bits per heavy atom. The molecule has 1 aromatic rings. The summed E-state index contributed by atoms with van der Waals surface area (Å²) >= 11 is 0. The molecule has 1 fully saturated rings. The minimum absolute atomic E-state index is 0.0952. The van der Waals surface area contributed by atoms with E-state index in [1.165, 1.54) is 6.08 Å². The standard InChI is InChI=1S/C28H42O7Si/c1-18-15-19(2)23(25(30)32-13-14-36(8,9)10)20(16-18)11-12-21(29)24-22(34-28(6,7)35-24)17-33-26(31)27(3,4)5/h11-12,15-16,22,24H,13-14,17H2,1-10H3/b12-11+/t22?,24-/m0/s1. The van der Waals surface area contributed by atoms with Gasteiger partial charge in [0.2, 0.25) is 0 Å². The second-order valence-electron chi connectivity index (χ2n) is 12.2. The number of carbonyl (C=O) groups excluding carboxylic acids is 3. The van der Waals surface area contributed by atoms with Gasteiger partial charge in [0, 0.05) is 8.07 Å². The van der Waals surface area contributed by atoms with E-state index in [1.54, 1.807) is 40.7 Å². The van der Waals surface area contributed by atoms with Gasteiger partial charge in [-0.2, -0.15) is 0 Å². The number of carbonyl (C=O) groups is 3. The van der Waals surface area contributed by atoms with Crippen molar-refractivity contribution in [2.24, 2.45) is 5.41 Å². The SMILES string of the molecule is Cc1cc(C)c(C(=O)OCC[Si](C)(C)C)c(/C=C/C(=O)[C@@H]2OC(C)(C)OC2COC(=O)C(C)(C)C)c1. The highest BCUT2D eigenvalue weighted by Crippen LogP contribution is 2.30. The lowest BCUT2D eigenvalue weighted by atomic mass is 9.97. The molecule has 1 unspecified atom stereocenters. The maximum absolute atomic E-state index is 13.1. The van der Waals surface area contributed by atoms with E-state index in [0.717, 1.165) is 17.2 Å². The molecule has 0 saturated carbocycles. The molecule has 8 heteroatoms. The van der Waals surface area contributed by atoms with Gasteiger partial charge in [-0.25, -0.2) is 4.79 Å². The average molecular weight is 519 g/mol. The van der Waals surface area contributed by atoms with E-state index in [-0.39, 0.29) is 18.4 Å². The number of hydrogen-bond acceptors (Lipinski definition) is 7. The van der Waals surface area contributed by atoms with Gasteiger partial charge in [-0.05, 0) is 71.7 Å². The van der Waals surface area contributed by atoms with E-state index in [1.807, 2.05) is 26.0 Å². The summed E-state index contributed by atoms with van der Waals surface area (Å²) in [7, 11) is -1.34. The molecule has 1 aromatic carbocycles. The number of rotatable bonds is 9. The summed E-state index contributed by atoms with van der Waals surface area (Å²) in [6, 6.07) is 4.65. The second-order valence-corrected chi connectivity index (χ2v) is 17.8. The molecule has 0 spiro atoms.